The van der Waals surface area contributed by atoms with E-state index in [1.165, 1.54) is 103 Å². The predicted octanol–water partition coefficient (Wildman–Crippen LogP) is 7.79. The number of nitrogens with one attached hydrogen (secondary N) is 2. The first-order valence-corrected chi connectivity index (χ1v) is 26.5. The fraction of sp³-hybridized carbons (Fsp3) is 0.885. The molecule has 1 aliphatic rings. The lowest BCUT2D eigenvalue weighted by molar-refractivity contribution is -0.124. The summed E-state index contributed by atoms with van der Waals surface area (Å²) >= 11 is 0. The molecule has 1 heterocycles. The second-order valence-corrected chi connectivity index (χ2v) is 19.2. The molecule has 2 amide bonds. The molecule has 8 atom stereocenters. The molecule has 376 valence electrons. The number of carbonyl (C=O) groups is 2. The minimum absolute atomic E-state index is 0.165. The van der Waals surface area contributed by atoms with Gasteiger partial charge in [0.1, 0.15) is 0 Å². The minimum atomic E-state index is -0.981. The monoisotopic (exact) mass is 907 g/mol. The Morgan fingerprint density at radius 1 is 0.469 bits per heavy atom. The van der Waals surface area contributed by atoms with Crippen molar-refractivity contribution in [3.05, 3.63) is 24.3 Å². The lowest BCUT2D eigenvalue weighted by Crippen LogP contribution is -2.62. The highest BCUT2D eigenvalue weighted by atomic mass is 16.3. The van der Waals surface area contributed by atoms with Crippen LogP contribution in [0.2, 0.25) is 0 Å². The van der Waals surface area contributed by atoms with Crippen LogP contribution in [-0.2, 0) is 9.59 Å². The summed E-state index contributed by atoms with van der Waals surface area (Å²) in [7, 11) is 0. The highest BCUT2D eigenvalue weighted by Gasteiger charge is 2.34. The average molecular weight is 907 g/mol. The van der Waals surface area contributed by atoms with Crippen molar-refractivity contribution < 1.29 is 30.0 Å². The van der Waals surface area contributed by atoms with Crippen molar-refractivity contribution in [1.29, 1.82) is 0 Å². The first kappa shape index (κ1) is 60.1. The summed E-state index contributed by atoms with van der Waals surface area (Å²) in [5, 5.41) is 49.1. The smallest absolute Gasteiger partial charge is 0.220 e. The Bertz CT molecular complexity index is 1080. The minimum Gasteiger partial charge on any atom is -0.392 e. The Hall–Kier alpha value is -1.90. The highest BCUT2D eigenvalue weighted by molar-refractivity contribution is 5.76. The Balaban J connectivity index is 2.40. The van der Waals surface area contributed by atoms with Gasteiger partial charge in [-0.15, -0.1) is 0 Å². The van der Waals surface area contributed by atoms with Crippen molar-refractivity contribution in [2.45, 2.75) is 256 Å². The van der Waals surface area contributed by atoms with Gasteiger partial charge in [-0.05, 0) is 78.1 Å². The molecule has 12 nitrogen and oxygen atoms in total. The van der Waals surface area contributed by atoms with Crippen LogP contribution < -0.4 is 22.1 Å². The standard InChI is InChI=1S/C52H102N6O6/c1-5-7-9-11-13-15-17-19-21-23-25-27-29-31-33-35-47(63)55-51(49(53)43(3)59)45(61)41-57-37-39-58(40-38-57)42-46(62)52(50(54)44(4)60)56-48(64)36-34-32-30-28-26-24-22-20-18-16-14-12-10-8-6-2/h19-22,43-46,49-52,59-62H,5-18,23-42,53-54H2,1-4H3,(H,55,63)(H,56,64)/b21-19-,22-20-. The number of hydrogen-bond acceptors (Lipinski definition) is 10. The van der Waals surface area contributed by atoms with E-state index >= 15 is 0 Å². The Morgan fingerprint density at radius 2 is 0.734 bits per heavy atom. The fourth-order valence-electron chi connectivity index (χ4n) is 8.64. The van der Waals surface area contributed by atoms with Crippen LogP contribution in [0, 0.1) is 0 Å². The number of aliphatic hydroxyl groups is 4. The van der Waals surface area contributed by atoms with Crippen molar-refractivity contribution in [3.8, 4) is 0 Å². The van der Waals surface area contributed by atoms with Crippen LogP contribution in [0.4, 0.5) is 0 Å². The van der Waals surface area contributed by atoms with E-state index in [1.807, 2.05) is 0 Å². The highest BCUT2D eigenvalue weighted by Crippen LogP contribution is 2.15. The maximum Gasteiger partial charge on any atom is 0.220 e. The molecule has 12 heteroatoms. The molecule has 0 saturated carbocycles. The van der Waals surface area contributed by atoms with Crippen molar-refractivity contribution in [2.75, 3.05) is 39.3 Å². The Morgan fingerprint density at radius 3 is 1.02 bits per heavy atom. The molecule has 1 aliphatic heterocycles. The summed E-state index contributed by atoms with van der Waals surface area (Å²) < 4.78 is 0. The maximum absolute atomic E-state index is 13.0. The van der Waals surface area contributed by atoms with E-state index < -0.39 is 48.6 Å². The van der Waals surface area contributed by atoms with Crippen LogP contribution in [-0.4, -0.2) is 130 Å². The van der Waals surface area contributed by atoms with Crippen LogP contribution in [0.25, 0.3) is 0 Å². The Kier molecular flexibility index (Phi) is 37.8. The zero-order chi connectivity index (χ0) is 47.2. The summed E-state index contributed by atoms with van der Waals surface area (Å²) in [6.45, 7) is 10.6. The lowest BCUT2D eigenvalue weighted by atomic mass is 9.97. The van der Waals surface area contributed by atoms with Crippen molar-refractivity contribution in [2.24, 2.45) is 11.5 Å². The van der Waals surface area contributed by atoms with E-state index in [0.717, 1.165) is 64.2 Å². The SMILES string of the molecule is CCCCCCCC/C=C\CCCCCCCC(=O)NC(C(O)CN1CCN(CC(O)C(NC(=O)CCCCCCC/C=C\CCCCCCCC)C(N)C(C)O)CC1)C(N)C(C)O. The van der Waals surface area contributed by atoms with Gasteiger partial charge in [0, 0.05) is 52.1 Å². The van der Waals surface area contributed by atoms with E-state index in [4.69, 9.17) is 11.5 Å². The Labute approximate surface area is 392 Å². The predicted molar refractivity (Wildman–Crippen MR) is 267 cm³/mol. The number of amides is 2. The summed E-state index contributed by atoms with van der Waals surface area (Å²) in [5.74, 6) is -0.331. The number of β-amino-alcohol motifs (C(OH)–C–C–N with tert-alkyl or cyclic N) is 2. The van der Waals surface area contributed by atoms with Gasteiger partial charge in [0.05, 0.1) is 48.6 Å². The fourth-order valence-corrected chi connectivity index (χ4v) is 8.64. The van der Waals surface area contributed by atoms with Crippen LogP contribution in [0.1, 0.15) is 207 Å². The normalized spacial score (nSPS) is 17.9. The third kappa shape index (κ3) is 31.1. The quantitative estimate of drug-likeness (QED) is 0.0221. The molecule has 0 aromatic heterocycles. The van der Waals surface area contributed by atoms with Crippen molar-refractivity contribution in [3.63, 3.8) is 0 Å². The number of hydrogen-bond donors (Lipinski definition) is 8. The average Bonchev–Trinajstić information content (AvgIpc) is 3.27. The number of unbranched alkanes of at least 4 members (excludes halogenated alkanes) is 22. The van der Waals surface area contributed by atoms with Crippen LogP contribution >= 0.6 is 0 Å². The number of carbonyl (C=O) groups excluding carboxylic acids is 2. The largest absolute Gasteiger partial charge is 0.392 e. The van der Waals surface area contributed by atoms with Crippen molar-refractivity contribution in [1.82, 2.24) is 20.4 Å². The van der Waals surface area contributed by atoms with Gasteiger partial charge >= 0.3 is 0 Å². The zero-order valence-corrected chi connectivity index (χ0v) is 41.6. The van der Waals surface area contributed by atoms with Gasteiger partial charge in [-0.3, -0.25) is 19.4 Å². The molecule has 0 bridgehead atoms. The molecule has 10 N–H and O–H groups in total. The van der Waals surface area contributed by atoms with Crippen molar-refractivity contribution >= 4 is 11.8 Å². The number of aliphatic hydroxyl groups excluding tert-OH is 4. The second kappa shape index (κ2) is 40.2. The van der Waals surface area contributed by atoms with E-state index in [0.29, 0.717) is 39.0 Å². The van der Waals surface area contributed by atoms with E-state index in [1.54, 1.807) is 13.8 Å². The molecule has 0 spiro atoms. The van der Waals surface area contributed by atoms with Gasteiger partial charge < -0.3 is 42.5 Å². The summed E-state index contributed by atoms with van der Waals surface area (Å²) in [6.07, 6.45) is 37.0. The third-order valence-corrected chi connectivity index (χ3v) is 13.1. The molecular formula is C52H102N6O6. The first-order chi connectivity index (χ1) is 30.9. The molecule has 64 heavy (non-hydrogen) atoms. The topological polar surface area (TPSA) is 198 Å². The van der Waals surface area contributed by atoms with Gasteiger partial charge in [-0.1, -0.05) is 141 Å². The maximum atomic E-state index is 13.0. The summed E-state index contributed by atoms with van der Waals surface area (Å²) in [4.78, 5) is 30.1. The molecule has 0 aliphatic carbocycles. The summed E-state index contributed by atoms with van der Waals surface area (Å²) in [6, 6.07) is -3.25. The van der Waals surface area contributed by atoms with Gasteiger partial charge in [-0.25, -0.2) is 0 Å². The van der Waals surface area contributed by atoms with Crippen LogP contribution in [0.15, 0.2) is 24.3 Å². The summed E-state index contributed by atoms with van der Waals surface area (Å²) in [5.41, 5.74) is 12.6. The molecule has 0 aromatic carbocycles. The molecular weight excluding hydrogens is 805 g/mol. The number of piperazine rings is 1. The van der Waals surface area contributed by atoms with E-state index in [-0.39, 0.29) is 24.9 Å². The number of rotatable bonds is 42. The number of allylic oxidation sites excluding steroid dienone is 4. The molecule has 0 aromatic rings. The van der Waals surface area contributed by atoms with Gasteiger partial charge in [0.15, 0.2) is 0 Å². The zero-order valence-electron chi connectivity index (χ0n) is 41.6. The lowest BCUT2D eigenvalue weighted by Gasteiger charge is -2.40. The van der Waals surface area contributed by atoms with E-state index in [2.05, 4.69) is 58.6 Å². The van der Waals surface area contributed by atoms with Crippen LogP contribution in [0.5, 0.6) is 0 Å². The third-order valence-electron chi connectivity index (χ3n) is 13.1. The second-order valence-electron chi connectivity index (χ2n) is 19.2. The molecule has 0 radical (unpaired) electrons. The molecule has 1 saturated heterocycles. The molecule has 1 fully saturated rings. The number of nitrogens with zero attached hydrogens (tertiary/aromatic N) is 2. The van der Waals surface area contributed by atoms with E-state index in [9.17, 15) is 30.0 Å². The van der Waals surface area contributed by atoms with Gasteiger partial charge in [0.25, 0.3) is 0 Å². The molecule has 8 unspecified atom stereocenters. The van der Waals surface area contributed by atoms with Crippen LogP contribution in [0.3, 0.4) is 0 Å². The molecule has 1 rings (SSSR count). The first-order valence-electron chi connectivity index (χ1n) is 26.5. The van der Waals surface area contributed by atoms with Gasteiger partial charge in [0.2, 0.25) is 11.8 Å². The van der Waals surface area contributed by atoms with Gasteiger partial charge in [-0.2, -0.15) is 0 Å². The number of nitrogens with two attached hydrogens (primary N) is 2.